The number of hydrogen-bond acceptors (Lipinski definition) is 4. The van der Waals surface area contributed by atoms with Gasteiger partial charge < -0.3 is 14.1 Å². The fourth-order valence-corrected chi connectivity index (χ4v) is 2.94. The van der Waals surface area contributed by atoms with Crippen LogP contribution in [0.5, 0.6) is 0 Å². The highest BCUT2D eigenvalue weighted by molar-refractivity contribution is 9.10. The SMILES string of the molecule is O=C(C=Cc1ccc(Br)o1)OCC(=O)N1CCCc2ccccc21. The van der Waals surface area contributed by atoms with Crippen molar-refractivity contribution in [3.8, 4) is 0 Å². The highest BCUT2D eigenvalue weighted by Gasteiger charge is 2.22. The lowest BCUT2D eigenvalue weighted by atomic mass is 10.0. The van der Waals surface area contributed by atoms with Gasteiger partial charge in [-0.3, -0.25) is 4.79 Å². The van der Waals surface area contributed by atoms with E-state index in [0.717, 1.165) is 24.1 Å². The van der Waals surface area contributed by atoms with E-state index in [9.17, 15) is 9.59 Å². The first-order chi connectivity index (χ1) is 11.6. The molecule has 1 aliphatic heterocycles. The lowest BCUT2D eigenvalue weighted by Crippen LogP contribution is -2.38. The van der Waals surface area contributed by atoms with Gasteiger partial charge in [-0.1, -0.05) is 18.2 Å². The molecule has 6 heteroatoms. The highest BCUT2D eigenvalue weighted by Crippen LogP contribution is 2.26. The number of esters is 1. The summed E-state index contributed by atoms with van der Waals surface area (Å²) in [6.07, 6.45) is 4.60. The first-order valence-electron chi connectivity index (χ1n) is 7.62. The van der Waals surface area contributed by atoms with Crippen molar-refractivity contribution in [1.82, 2.24) is 0 Å². The van der Waals surface area contributed by atoms with Gasteiger partial charge in [-0.05, 0) is 58.6 Å². The largest absolute Gasteiger partial charge is 0.452 e. The Hall–Kier alpha value is -2.34. The first kappa shape index (κ1) is 16.5. The molecule has 2 heterocycles. The zero-order chi connectivity index (χ0) is 16.9. The van der Waals surface area contributed by atoms with E-state index in [0.29, 0.717) is 17.0 Å². The van der Waals surface area contributed by atoms with E-state index in [1.54, 1.807) is 17.0 Å². The Bertz CT molecular complexity index is 781. The van der Waals surface area contributed by atoms with Crippen LogP contribution in [0.2, 0.25) is 0 Å². The maximum Gasteiger partial charge on any atom is 0.331 e. The van der Waals surface area contributed by atoms with E-state index >= 15 is 0 Å². The van der Waals surface area contributed by atoms with Crippen LogP contribution in [0.15, 0.2) is 51.6 Å². The van der Waals surface area contributed by atoms with E-state index < -0.39 is 5.97 Å². The molecule has 1 amide bonds. The Labute approximate surface area is 148 Å². The topological polar surface area (TPSA) is 59.8 Å². The van der Waals surface area contributed by atoms with E-state index in [2.05, 4.69) is 15.9 Å². The second kappa shape index (κ2) is 7.49. The van der Waals surface area contributed by atoms with Crippen LogP contribution in [0.4, 0.5) is 5.69 Å². The molecule has 124 valence electrons. The summed E-state index contributed by atoms with van der Waals surface area (Å²) in [5.74, 6) is -0.277. The van der Waals surface area contributed by atoms with Gasteiger partial charge in [0.2, 0.25) is 0 Å². The van der Waals surface area contributed by atoms with E-state index in [4.69, 9.17) is 9.15 Å². The minimum Gasteiger partial charge on any atom is -0.452 e. The number of hydrogen-bond donors (Lipinski definition) is 0. The number of furan rings is 1. The summed E-state index contributed by atoms with van der Waals surface area (Å²) in [7, 11) is 0. The van der Waals surface area contributed by atoms with Crippen molar-refractivity contribution in [2.75, 3.05) is 18.1 Å². The molecule has 0 spiro atoms. The second-order valence-electron chi connectivity index (χ2n) is 5.36. The molecule has 0 fully saturated rings. The summed E-state index contributed by atoms with van der Waals surface area (Å²) >= 11 is 3.18. The summed E-state index contributed by atoms with van der Waals surface area (Å²) in [6.45, 7) is 0.364. The number of carbonyl (C=O) groups excluding carboxylic acids is 2. The number of ether oxygens (including phenoxy) is 1. The van der Waals surface area contributed by atoms with Gasteiger partial charge in [0.15, 0.2) is 11.3 Å². The molecule has 1 aromatic heterocycles. The summed E-state index contributed by atoms with van der Waals surface area (Å²) in [5, 5.41) is 0. The van der Waals surface area contributed by atoms with Crippen LogP contribution in [0.3, 0.4) is 0 Å². The van der Waals surface area contributed by atoms with Gasteiger partial charge in [-0.15, -0.1) is 0 Å². The summed E-state index contributed by atoms with van der Waals surface area (Å²) in [4.78, 5) is 25.7. The van der Waals surface area contributed by atoms with Gasteiger partial charge in [0.1, 0.15) is 5.76 Å². The molecule has 24 heavy (non-hydrogen) atoms. The molecule has 1 aromatic carbocycles. The average Bonchev–Trinajstić information content (AvgIpc) is 3.02. The third kappa shape index (κ3) is 3.94. The van der Waals surface area contributed by atoms with Crippen LogP contribution in [0, 0.1) is 0 Å². The number of halogens is 1. The smallest absolute Gasteiger partial charge is 0.331 e. The monoisotopic (exact) mass is 389 g/mol. The quantitative estimate of drug-likeness (QED) is 0.592. The van der Waals surface area contributed by atoms with Gasteiger partial charge in [-0.25, -0.2) is 4.79 Å². The molecule has 0 aliphatic carbocycles. The zero-order valence-corrected chi connectivity index (χ0v) is 14.5. The van der Waals surface area contributed by atoms with Crippen molar-refractivity contribution in [3.05, 3.63) is 58.5 Å². The lowest BCUT2D eigenvalue weighted by Gasteiger charge is -2.29. The number of benzene rings is 1. The van der Waals surface area contributed by atoms with E-state index in [1.807, 2.05) is 24.3 Å². The molecule has 0 N–H and O–H groups in total. The predicted molar refractivity (Wildman–Crippen MR) is 93.5 cm³/mol. The molecule has 5 nitrogen and oxygen atoms in total. The Morgan fingerprint density at radius 3 is 2.88 bits per heavy atom. The van der Waals surface area contributed by atoms with Crippen molar-refractivity contribution < 1.29 is 18.7 Å². The normalized spacial score (nSPS) is 13.8. The fourth-order valence-electron chi connectivity index (χ4n) is 2.62. The maximum atomic E-state index is 12.3. The Balaban J connectivity index is 1.56. The van der Waals surface area contributed by atoms with Crippen LogP contribution in [0.25, 0.3) is 6.08 Å². The molecule has 0 unspecified atom stereocenters. The molecule has 3 rings (SSSR count). The van der Waals surface area contributed by atoms with Crippen molar-refractivity contribution in [2.45, 2.75) is 12.8 Å². The van der Waals surface area contributed by atoms with Gasteiger partial charge >= 0.3 is 5.97 Å². The van der Waals surface area contributed by atoms with Gasteiger partial charge in [0.05, 0.1) is 0 Å². The van der Waals surface area contributed by atoms with Crippen LogP contribution in [-0.4, -0.2) is 25.0 Å². The number of nitrogens with zero attached hydrogens (tertiary/aromatic N) is 1. The molecule has 1 aliphatic rings. The molecule has 0 saturated carbocycles. The van der Waals surface area contributed by atoms with Crippen molar-refractivity contribution >= 4 is 39.6 Å². The number of anilines is 1. The average molecular weight is 390 g/mol. The third-order valence-electron chi connectivity index (χ3n) is 3.73. The van der Waals surface area contributed by atoms with Crippen LogP contribution >= 0.6 is 15.9 Å². The van der Waals surface area contributed by atoms with Crippen molar-refractivity contribution in [3.63, 3.8) is 0 Å². The maximum absolute atomic E-state index is 12.3. The molecule has 0 atom stereocenters. The number of carbonyl (C=O) groups is 2. The third-order valence-corrected chi connectivity index (χ3v) is 4.15. The molecule has 0 saturated heterocycles. The summed E-state index contributed by atoms with van der Waals surface area (Å²) < 4.78 is 10.8. The molecular formula is C18H16BrNO4. The number of amides is 1. The zero-order valence-electron chi connectivity index (χ0n) is 12.9. The van der Waals surface area contributed by atoms with Gasteiger partial charge in [0, 0.05) is 18.3 Å². The van der Waals surface area contributed by atoms with E-state index in [1.165, 1.54) is 12.2 Å². The van der Waals surface area contributed by atoms with Crippen molar-refractivity contribution in [1.29, 1.82) is 0 Å². The molecule has 0 bridgehead atoms. The summed E-state index contributed by atoms with van der Waals surface area (Å²) in [5.41, 5.74) is 2.05. The van der Waals surface area contributed by atoms with E-state index in [-0.39, 0.29) is 12.5 Å². The number of para-hydroxylation sites is 1. The van der Waals surface area contributed by atoms with Crippen LogP contribution in [-0.2, 0) is 20.7 Å². The van der Waals surface area contributed by atoms with Crippen LogP contribution in [0.1, 0.15) is 17.7 Å². The Kier molecular flexibility index (Phi) is 5.15. The minimum atomic E-state index is -0.582. The molecular weight excluding hydrogens is 374 g/mol. The second-order valence-corrected chi connectivity index (χ2v) is 6.14. The predicted octanol–water partition coefficient (Wildman–Crippen LogP) is 3.58. The van der Waals surface area contributed by atoms with Gasteiger partial charge in [0.25, 0.3) is 5.91 Å². The van der Waals surface area contributed by atoms with Gasteiger partial charge in [-0.2, -0.15) is 0 Å². The fraction of sp³-hybridized carbons (Fsp3) is 0.222. The number of aryl methyl sites for hydroxylation is 1. The first-order valence-corrected chi connectivity index (χ1v) is 8.41. The standard InChI is InChI=1S/C18H16BrNO4/c19-16-9-7-14(24-16)8-10-18(22)23-12-17(21)20-11-3-5-13-4-1-2-6-15(13)20/h1-2,4,6-10H,3,5,11-12H2. The minimum absolute atomic E-state index is 0.218. The Morgan fingerprint density at radius 2 is 2.08 bits per heavy atom. The molecule has 0 radical (unpaired) electrons. The number of rotatable bonds is 4. The summed E-state index contributed by atoms with van der Waals surface area (Å²) in [6, 6.07) is 11.2. The molecule has 2 aromatic rings. The Morgan fingerprint density at radius 1 is 1.25 bits per heavy atom. The highest BCUT2D eigenvalue weighted by atomic mass is 79.9. The van der Waals surface area contributed by atoms with Crippen LogP contribution < -0.4 is 4.90 Å². The van der Waals surface area contributed by atoms with Crippen molar-refractivity contribution in [2.24, 2.45) is 0 Å². The lowest BCUT2D eigenvalue weighted by molar-refractivity contribution is -0.142. The number of fused-ring (bicyclic) bond motifs is 1.